The molecule has 0 saturated carbocycles. The summed E-state index contributed by atoms with van der Waals surface area (Å²) < 4.78 is 17.4. The van der Waals surface area contributed by atoms with Crippen LogP contribution in [0.25, 0.3) is 10.9 Å². The highest BCUT2D eigenvalue weighted by atomic mass is 35.5. The maximum atomic E-state index is 11.0. The first-order valence-corrected chi connectivity index (χ1v) is 11.9. The largest absolute Gasteiger partial charge is 0.485 e. The zero-order valence-corrected chi connectivity index (χ0v) is 21.7. The lowest BCUT2D eigenvalue weighted by atomic mass is 9.85. The van der Waals surface area contributed by atoms with E-state index >= 15 is 0 Å². The summed E-state index contributed by atoms with van der Waals surface area (Å²) in [5.74, 6) is -1.78. The molecule has 1 aliphatic heterocycles. The van der Waals surface area contributed by atoms with E-state index in [2.05, 4.69) is 10.3 Å². The number of nitrogens with one attached hydrogen (secondary N) is 1. The zero-order chi connectivity index (χ0) is 27.0. The molecule has 0 spiro atoms. The number of hydrogen-bond donors (Lipinski definition) is 4. The fourth-order valence-corrected chi connectivity index (χ4v) is 4.02. The monoisotopic (exact) mass is 524 g/mol. The number of pyridine rings is 1. The van der Waals surface area contributed by atoms with Crippen molar-refractivity contribution in [3.8, 4) is 5.75 Å². The second-order valence-corrected chi connectivity index (χ2v) is 8.94. The number of carbonyl (C=O) groups is 2. The Hall–Kier alpha value is -2.76. The molecule has 0 radical (unpaired) electrons. The molecule has 36 heavy (non-hydrogen) atoms. The minimum Gasteiger partial charge on any atom is -0.485 e. The van der Waals surface area contributed by atoms with E-state index in [0.29, 0.717) is 37.1 Å². The highest BCUT2D eigenvalue weighted by molar-refractivity contribution is 6.29. The van der Waals surface area contributed by atoms with Gasteiger partial charge in [0.15, 0.2) is 6.29 Å². The van der Waals surface area contributed by atoms with E-state index in [1.165, 1.54) is 0 Å². The smallest absolute Gasteiger partial charge is 0.328 e. The predicted molar refractivity (Wildman–Crippen MR) is 134 cm³/mol. The summed E-state index contributed by atoms with van der Waals surface area (Å²) in [5, 5.41) is 31.4. The maximum absolute atomic E-state index is 11.0. The summed E-state index contributed by atoms with van der Waals surface area (Å²) in [6, 6.07) is 5.40. The van der Waals surface area contributed by atoms with Gasteiger partial charge in [0.1, 0.15) is 22.6 Å². The van der Waals surface area contributed by atoms with Crippen molar-refractivity contribution in [1.29, 1.82) is 0 Å². The SMILES string of the molecule is CCOC(CN[C@H]1c2cc3nc(Cl)cc(C)c3cc2OC(C)(C)[C@@H]1O)OCC.O=C(O)/C=C\C(=O)O. The molecule has 1 aromatic carbocycles. The molecule has 0 aliphatic carbocycles. The van der Waals surface area contributed by atoms with Crippen molar-refractivity contribution in [2.24, 2.45) is 0 Å². The second-order valence-electron chi connectivity index (χ2n) is 8.56. The van der Waals surface area contributed by atoms with Crippen LogP contribution in [-0.2, 0) is 19.1 Å². The lowest BCUT2D eigenvalue weighted by Gasteiger charge is -2.43. The van der Waals surface area contributed by atoms with Crippen molar-refractivity contribution in [2.45, 2.75) is 58.7 Å². The number of carboxylic acid groups (broad SMARTS) is 2. The molecule has 1 aromatic heterocycles. The summed E-state index contributed by atoms with van der Waals surface area (Å²) >= 11 is 6.15. The van der Waals surface area contributed by atoms with Gasteiger partial charge in [-0.1, -0.05) is 11.6 Å². The van der Waals surface area contributed by atoms with Gasteiger partial charge >= 0.3 is 11.9 Å². The third kappa shape index (κ3) is 7.87. The van der Waals surface area contributed by atoms with Crippen molar-refractivity contribution in [1.82, 2.24) is 10.3 Å². The van der Waals surface area contributed by atoms with Crippen molar-refractivity contribution in [3.05, 3.63) is 46.6 Å². The molecular formula is C25H33ClN2O8. The number of aliphatic hydroxyl groups is 1. The van der Waals surface area contributed by atoms with Crippen molar-refractivity contribution in [2.75, 3.05) is 19.8 Å². The number of aryl methyl sites for hydroxylation is 1. The Morgan fingerprint density at radius 3 is 2.28 bits per heavy atom. The van der Waals surface area contributed by atoms with Crippen LogP contribution in [0.3, 0.4) is 0 Å². The summed E-state index contributed by atoms with van der Waals surface area (Å²) in [5.41, 5.74) is 1.90. The first-order chi connectivity index (χ1) is 16.9. The second kappa shape index (κ2) is 13.0. The first-order valence-electron chi connectivity index (χ1n) is 11.5. The van der Waals surface area contributed by atoms with E-state index in [1.807, 2.05) is 52.8 Å². The molecule has 0 fully saturated rings. The average molecular weight is 525 g/mol. The minimum atomic E-state index is -1.26. The Labute approximate surface area is 214 Å². The van der Waals surface area contributed by atoms with Gasteiger partial charge < -0.3 is 34.8 Å². The summed E-state index contributed by atoms with van der Waals surface area (Å²) in [6.07, 6.45) is -0.0292. The summed E-state index contributed by atoms with van der Waals surface area (Å²) in [4.78, 5) is 23.6. The van der Waals surface area contributed by atoms with Crippen LogP contribution in [0.2, 0.25) is 5.15 Å². The molecule has 11 heteroatoms. The lowest BCUT2D eigenvalue weighted by Crippen LogP contribution is -2.53. The molecule has 10 nitrogen and oxygen atoms in total. The van der Waals surface area contributed by atoms with Gasteiger partial charge in [0.25, 0.3) is 0 Å². The van der Waals surface area contributed by atoms with Gasteiger partial charge in [-0.05, 0) is 58.4 Å². The number of fused-ring (bicyclic) bond motifs is 2. The van der Waals surface area contributed by atoms with E-state index in [0.717, 1.165) is 27.8 Å². The van der Waals surface area contributed by atoms with Gasteiger partial charge in [0.05, 0.1) is 11.6 Å². The number of aliphatic hydroxyl groups excluding tert-OH is 1. The normalized spacial score (nSPS) is 18.4. The molecular weight excluding hydrogens is 492 g/mol. The molecule has 198 valence electrons. The van der Waals surface area contributed by atoms with Crippen LogP contribution in [0.5, 0.6) is 5.75 Å². The molecule has 2 atom stereocenters. The van der Waals surface area contributed by atoms with Crippen LogP contribution in [-0.4, -0.2) is 70.0 Å². The van der Waals surface area contributed by atoms with Crippen molar-refractivity contribution in [3.63, 3.8) is 0 Å². The number of ether oxygens (including phenoxy) is 3. The van der Waals surface area contributed by atoms with E-state index in [4.69, 9.17) is 36.0 Å². The topological polar surface area (TPSA) is 147 Å². The molecule has 3 rings (SSSR count). The highest BCUT2D eigenvalue weighted by Crippen LogP contribution is 2.42. The Morgan fingerprint density at radius 1 is 1.17 bits per heavy atom. The number of benzene rings is 1. The van der Waals surface area contributed by atoms with E-state index in [1.54, 1.807) is 0 Å². The van der Waals surface area contributed by atoms with E-state index in [9.17, 15) is 14.7 Å². The molecule has 0 saturated heterocycles. The molecule has 0 unspecified atom stereocenters. The lowest BCUT2D eigenvalue weighted by molar-refractivity contribution is -0.138. The predicted octanol–water partition coefficient (Wildman–Crippen LogP) is 3.47. The van der Waals surface area contributed by atoms with E-state index < -0.39 is 23.6 Å². The fourth-order valence-electron chi connectivity index (χ4n) is 3.77. The van der Waals surface area contributed by atoms with Crippen LogP contribution < -0.4 is 10.1 Å². The Balaban J connectivity index is 0.000000493. The third-order valence-electron chi connectivity index (χ3n) is 5.43. The molecule has 0 bridgehead atoms. The van der Waals surface area contributed by atoms with Gasteiger partial charge in [0.2, 0.25) is 0 Å². The number of halogens is 1. The average Bonchev–Trinajstić information content (AvgIpc) is 2.78. The van der Waals surface area contributed by atoms with Crippen molar-refractivity contribution >= 4 is 34.4 Å². The quantitative estimate of drug-likeness (QED) is 0.218. The Morgan fingerprint density at radius 2 is 1.75 bits per heavy atom. The van der Waals surface area contributed by atoms with Crippen LogP contribution >= 0.6 is 11.6 Å². The minimum absolute atomic E-state index is 0.354. The number of aromatic nitrogens is 1. The molecule has 2 aromatic rings. The first kappa shape index (κ1) is 29.5. The van der Waals surface area contributed by atoms with Gasteiger partial charge in [-0.15, -0.1) is 0 Å². The standard InChI is InChI=1S/C21H29ClN2O4.C4H4O4/c1-6-26-18(27-7-2)11-23-19-14-9-15-13(12(3)8-17(22)24-15)10-16(14)28-21(4,5)20(19)25;5-3(6)1-2-4(7)8/h8-10,18-20,23,25H,6-7,11H2,1-5H3;1-2H,(H,5,6)(H,7,8)/b;2-1-/t19-,20+;/m0./s1. The van der Waals surface area contributed by atoms with Crippen molar-refractivity contribution < 1.29 is 39.1 Å². The third-order valence-corrected chi connectivity index (χ3v) is 5.62. The van der Waals surface area contributed by atoms with Crippen LogP contribution in [0.4, 0.5) is 0 Å². The van der Waals surface area contributed by atoms with Gasteiger partial charge in [0, 0.05) is 42.9 Å². The summed E-state index contributed by atoms with van der Waals surface area (Å²) in [6.45, 7) is 11.2. The maximum Gasteiger partial charge on any atom is 0.328 e. The number of nitrogens with zero attached hydrogens (tertiary/aromatic N) is 1. The zero-order valence-electron chi connectivity index (χ0n) is 20.9. The van der Waals surface area contributed by atoms with Crippen LogP contribution in [0.1, 0.15) is 44.9 Å². The van der Waals surface area contributed by atoms with E-state index in [-0.39, 0.29) is 12.3 Å². The van der Waals surface area contributed by atoms with Gasteiger partial charge in [-0.25, -0.2) is 14.6 Å². The number of carboxylic acids is 2. The molecule has 0 amide bonds. The molecule has 1 aliphatic rings. The highest BCUT2D eigenvalue weighted by Gasteiger charge is 2.43. The molecule has 2 heterocycles. The van der Waals surface area contributed by atoms with Gasteiger partial charge in [-0.2, -0.15) is 0 Å². The molecule has 4 N–H and O–H groups in total. The van der Waals surface area contributed by atoms with Crippen LogP contribution in [0, 0.1) is 6.92 Å². The van der Waals surface area contributed by atoms with Gasteiger partial charge in [-0.3, -0.25) is 0 Å². The van der Waals surface area contributed by atoms with Crippen LogP contribution in [0.15, 0.2) is 30.4 Å². The number of hydrogen-bond acceptors (Lipinski definition) is 8. The number of rotatable bonds is 9. The Bertz CT molecular complexity index is 1080. The Kier molecular flexibility index (Phi) is 10.6. The summed E-state index contributed by atoms with van der Waals surface area (Å²) in [7, 11) is 0. The fraction of sp³-hybridized carbons (Fsp3) is 0.480. The number of aliphatic carboxylic acids is 2.